The zero-order chi connectivity index (χ0) is 46.3. The van der Waals surface area contributed by atoms with Crippen LogP contribution in [0.2, 0.25) is 0 Å². The molecule has 0 spiro atoms. The van der Waals surface area contributed by atoms with Crippen LogP contribution in [0, 0.1) is 12.0 Å². The lowest BCUT2D eigenvalue weighted by molar-refractivity contribution is 0.234. The van der Waals surface area contributed by atoms with E-state index in [1.807, 2.05) is 190 Å². The van der Waals surface area contributed by atoms with Gasteiger partial charge in [-0.05, 0) is 89.2 Å². The van der Waals surface area contributed by atoms with Gasteiger partial charge >= 0.3 is 0 Å². The van der Waals surface area contributed by atoms with E-state index < -0.39 is 8.53 Å². The molecule has 0 aromatic heterocycles. The lowest BCUT2D eigenvalue weighted by Gasteiger charge is -2.20. The molecule has 0 fully saturated rings. The lowest BCUT2D eigenvalue weighted by Crippen LogP contribution is -2.19. The van der Waals surface area contributed by atoms with Crippen molar-refractivity contribution in [3.8, 4) is 46.5 Å². The molecule has 1 atom stereocenters. The SMILES string of the molecule is CC(C)NP(OCCC#CN)OCc1cc(OCc2cc(OCc3ccccc3)cc(OCc3ccccc3)c2)cc(OCc2cc(OCc3ccccc3)cc(OCc3ccccc3)c2)c1. The second-order valence-electron chi connectivity index (χ2n) is 15.8. The van der Waals surface area contributed by atoms with Gasteiger partial charge in [0.2, 0.25) is 0 Å². The maximum atomic E-state index is 6.56. The Bertz CT molecular complexity index is 2330. The third-order valence-electron chi connectivity index (χ3n) is 9.87. The van der Waals surface area contributed by atoms with Gasteiger partial charge in [-0.15, -0.1) is 0 Å². The van der Waals surface area contributed by atoms with Crippen LogP contribution < -0.4 is 39.2 Å². The molecule has 0 heterocycles. The Kier molecular flexibility index (Phi) is 18.8. The fraction of sp³-hybridized carbons (Fsp3) is 0.214. The van der Waals surface area contributed by atoms with E-state index in [9.17, 15) is 0 Å². The summed E-state index contributed by atoms with van der Waals surface area (Å²) in [5.74, 6) is 6.70. The van der Waals surface area contributed by atoms with Gasteiger partial charge in [0, 0.05) is 36.7 Å². The summed E-state index contributed by atoms with van der Waals surface area (Å²) in [7, 11) is -1.44. The van der Waals surface area contributed by atoms with Gasteiger partial charge in [-0.1, -0.05) is 127 Å². The molecular weight excluding hydrogens is 860 g/mol. The first-order valence-electron chi connectivity index (χ1n) is 22.3. The van der Waals surface area contributed by atoms with E-state index in [4.69, 9.17) is 43.2 Å². The topological polar surface area (TPSA) is 112 Å². The molecule has 0 bridgehead atoms. The number of ether oxygens (including phenoxy) is 6. The van der Waals surface area contributed by atoms with Gasteiger partial charge in [0.25, 0.3) is 8.53 Å². The van der Waals surface area contributed by atoms with Crippen molar-refractivity contribution in [3.05, 3.63) is 215 Å². The van der Waals surface area contributed by atoms with Gasteiger partial charge in [0.05, 0.1) is 13.2 Å². The summed E-state index contributed by atoms with van der Waals surface area (Å²) in [6.45, 7) is 6.78. The Morgan fingerprint density at radius 2 is 0.701 bits per heavy atom. The highest BCUT2D eigenvalue weighted by atomic mass is 31.2. The number of nitrogens with two attached hydrogens (primary N) is 1. The first-order valence-corrected chi connectivity index (χ1v) is 23.4. The summed E-state index contributed by atoms with van der Waals surface area (Å²) >= 11 is 0. The fourth-order valence-corrected chi connectivity index (χ4v) is 7.82. The van der Waals surface area contributed by atoms with E-state index in [0.29, 0.717) is 74.0 Å². The molecular formula is C56H57N2O8P. The highest BCUT2D eigenvalue weighted by Gasteiger charge is 2.15. The van der Waals surface area contributed by atoms with E-state index >= 15 is 0 Å². The van der Waals surface area contributed by atoms with Gasteiger partial charge in [0.15, 0.2) is 0 Å². The van der Waals surface area contributed by atoms with Crippen LogP contribution in [0.5, 0.6) is 34.5 Å². The summed E-state index contributed by atoms with van der Waals surface area (Å²) in [5, 5.41) is 3.38. The molecule has 3 N–H and O–H groups in total. The second kappa shape index (κ2) is 26.2. The van der Waals surface area contributed by atoms with E-state index in [1.165, 1.54) is 0 Å². The molecule has 7 aromatic rings. The van der Waals surface area contributed by atoms with Gasteiger partial charge in [-0.2, -0.15) is 0 Å². The number of hydrogen-bond donors (Lipinski definition) is 2. The van der Waals surface area contributed by atoms with Crippen LogP contribution in [0.1, 0.15) is 59.2 Å². The molecule has 0 saturated carbocycles. The fourth-order valence-electron chi connectivity index (χ4n) is 6.65. The zero-order valence-electron chi connectivity index (χ0n) is 38.0. The van der Waals surface area contributed by atoms with Crippen LogP contribution in [0.4, 0.5) is 0 Å². The third kappa shape index (κ3) is 17.1. The van der Waals surface area contributed by atoms with Crippen LogP contribution in [-0.2, 0) is 55.3 Å². The molecule has 11 heteroatoms. The average molecular weight is 917 g/mol. The summed E-state index contributed by atoms with van der Waals surface area (Å²) in [4.78, 5) is 0. The van der Waals surface area contributed by atoms with Gasteiger partial charge in [0.1, 0.15) is 74.1 Å². The molecule has 7 rings (SSSR count). The molecule has 344 valence electrons. The maximum absolute atomic E-state index is 6.56. The van der Waals surface area contributed by atoms with Gasteiger partial charge in [-0.3, -0.25) is 0 Å². The van der Waals surface area contributed by atoms with Crippen molar-refractivity contribution in [1.29, 1.82) is 0 Å². The summed E-state index contributed by atoms with van der Waals surface area (Å²) < 4.78 is 50.6. The minimum Gasteiger partial charge on any atom is -0.489 e. The molecule has 0 amide bonds. The highest BCUT2D eigenvalue weighted by Crippen LogP contribution is 2.37. The monoisotopic (exact) mass is 916 g/mol. The quantitative estimate of drug-likeness (QED) is 0.0236. The average Bonchev–Trinajstić information content (AvgIpc) is 3.36. The minimum absolute atomic E-state index is 0.128. The van der Waals surface area contributed by atoms with E-state index in [2.05, 4.69) is 17.1 Å². The Morgan fingerprint density at radius 3 is 1.00 bits per heavy atom. The predicted octanol–water partition coefficient (Wildman–Crippen LogP) is 12.2. The van der Waals surface area contributed by atoms with Crippen molar-refractivity contribution in [2.45, 2.75) is 72.6 Å². The molecule has 1 unspecified atom stereocenters. The van der Waals surface area contributed by atoms with Crippen LogP contribution >= 0.6 is 8.53 Å². The lowest BCUT2D eigenvalue weighted by atomic mass is 10.2. The molecule has 0 aliphatic heterocycles. The third-order valence-corrected chi connectivity index (χ3v) is 11.4. The normalized spacial score (nSPS) is 11.3. The van der Waals surface area contributed by atoms with Crippen LogP contribution in [0.3, 0.4) is 0 Å². The maximum Gasteiger partial charge on any atom is 0.256 e. The molecule has 67 heavy (non-hydrogen) atoms. The predicted molar refractivity (Wildman–Crippen MR) is 264 cm³/mol. The first-order chi connectivity index (χ1) is 32.9. The standard InChI is InChI=1S/C56H57N2O8P/c1-43(2)58-67(65-26-16-15-25-57)66-42-50-31-55(63-40-48-27-51(59-36-44-17-7-3-8-18-44)33-52(28-48)60-37-45-19-9-4-10-20-45)35-56(32-50)64-41-49-29-53(61-38-46-21-11-5-12-22-46)34-54(30-49)62-39-47-23-13-6-14-24-47/h3-14,17-24,27-35,43,58H,16,26,36-42,57H2,1-2H3. The summed E-state index contributed by atoms with van der Waals surface area (Å²) in [6, 6.07) is 60.3. The Labute approximate surface area is 395 Å². The van der Waals surface area contributed by atoms with Crippen molar-refractivity contribution in [2.75, 3.05) is 6.61 Å². The van der Waals surface area contributed by atoms with Crippen molar-refractivity contribution in [3.63, 3.8) is 0 Å². The number of nitrogens with one attached hydrogen (secondary N) is 1. The van der Waals surface area contributed by atoms with E-state index in [1.54, 1.807) is 0 Å². The second-order valence-corrected chi connectivity index (χ2v) is 17.1. The highest BCUT2D eigenvalue weighted by molar-refractivity contribution is 7.44. The molecule has 0 aliphatic rings. The van der Waals surface area contributed by atoms with Crippen molar-refractivity contribution < 1.29 is 37.5 Å². The first kappa shape index (κ1) is 48.0. The Morgan fingerprint density at radius 1 is 0.403 bits per heavy atom. The Hall–Kier alpha value is -6.99. The zero-order valence-corrected chi connectivity index (χ0v) is 38.9. The van der Waals surface area contributed by atoms with Crippen molar-refractivity contribution in [2.24, 2.45) is 5.73 Å². The Balaban J connectivity index is 1.12. The largest absolute Gasteiger partial charge is 0.489 e. The van der Waals surface area contributed by atoms with Gasteiger partial charge < -0.3 is 43.2 Å². The smallest absolute Gasteiger partial charge is 0.256 e. The van der Waals surface area contributed by atoms with Crippen molar-refractivity contribution >= 4 is 8.53 Å². The molecule has 0 radical (unpaired) electrons. The van der Waals surface area contributed by atoms with Crippen molar-refractivity contribution in [1.82, 2.24) is 5.09 Å². The van der Waals surface area contributed by atoms with E-state index in [-0.39, 0.29) is 25.9 Å². The molecule has 0 aliphatic carbocycles. The molecule has 10 nitrogen and oxygen atoms in total. The number of benzene rings is 7. The summed E-state index contributed by atoms with van der Waals surface area (Å²) in [5.41, 5.74) is 12.2. The van der Waals surface area contributed by atoms with E-state index in [0.717, 1.165) is 38.9 Å². The van der Waals surface area contributed by atoms with Gasteiger partial charge in [-0.25, -0.2) is 5.09 Å². The minimum atomic E-state index is -1.44. The van der Waals surface area contributed by atoms with Crippen LogP contribution in [0.25, 0.3) is 0 Å². The van der Waals surface area contributed by atoms with Crippen LogP contribution in [-0.4, -0.2) is 12.6 Å². The number of rotatable bonds is 26. The van der Waals surface area contributed by atoms with Crippen LogP contribution in [0.15, 0.2) is 176 Å². The molecule has 0 saturated heterocycles. The summed E-state index contributed by atoms with van der Waals surface area (Å²) in [6.07, 6.45) is 0.495. The molecule has 7 aromatic carbocycles. The number of hydrogen-bond acceptors (Lipinski definition) is 10.